The first-order valence-corrected chi connectivity index (χ1v) is 10.00. The van der Waals surface area contributed by atoms with Crippen molar-refractivity contribution < 1.29 is 22.7 Å². The van der Waals surface area contributed by atoms with Crippen LogP contribution in [0.25, 0.3) is 10.9 Å². The lowest BCUT2D eigenvalue weighted by atomic mass is 10.2. The number of benzene rings is 1. The fraction of sp³-hybridized carbons (Fsp3) is 0.471. The first-order chi connectivity index (χ1) is 12.0. The lowest BCUT2D eigenvalue weighted by molar-refractivity contribution is -0.123. The molecule has 7 nitrogen and oxygen atoms in total. The molecule has 1 amide bonds. The predicted molar refractivity (Wildman–Crippen MR) is 94.5 cm³/mol. The number of hydrogen-bond donors (Lipinski definition) is 1. The van der Waals surface area contributed by atoms with Crippen LogP contribution in [0.15, 0.2) is 30.5 Å². The van der Waals surface area contributed by atoms with Gasteiger partial charge in [0.25, 0.3) is 5.91 Å². The SMILES string of the molecule is COCCn1ccc2c(OCC(=O)NC3CCS(=O)(=O)C3)cccc21. The molecule has 0 aliphatic carbocycles. The molecule has 0 bridgehead atoms. The monoisotopic (exact) mass is 366 g/mol. The second-order valence-electron chi connectivity index (χ2n) is 6.15. The molecule has 1 fully saturated rings. The van der Waals surface area contributed by atoms with Gasteiger partial charge < -0.3 is 19.4 Å². The Balaban J connectivity index is 1.61. The topological polar surface area (TPSA) is 86.6 Å². The van der Waals surface area contributed by atoms with Crippen LogP contribution < -0.4 is 10.1 Å². The van der Waals surface area contributed by atoms with Gasteiger partial charge >= 0.3 is 0 Å². The maximum Gasteiger partial charge on any atom is 0.258 e. The lowest BCUT2D eigenvalue weighted by Gasteiger charge is -2.12. The molecule has 1 N–H and O–H groups in total. The smallest absolute Gasteiger partial charge is 0.258 e. The fourth-order valence-electron chi connectivity index (χ4n) is 3.03. The van der Waals surface area contributed by atoms with Crippen molar-refractivity contribution in [2.75, 3.05) is 31.8 Å². The standard InChI is InChI=1S/C17H22N2O5S/c1-23-9-8-19-7-5-14-15(19)3-2-4-16(14)24-11-17(20)18-13-6-10-25(21,22)12-13/h2-5,7,13H,6,8-12H2,1H3,(H,18,20). The number of sulfone groups is 1. The van der Waals surface area contributed by atoms with Gasteiger partial charge in [-0.2, -0.15) is 0 Å². The number of ether oxygens (including phenoxy) is 2. The second kappa shape index (κ2) is 7.45. The number of carbonyl (C=O) groups excluding carboxylic acids is 1. The number of rotatable bonds is 7. The highest BCUT2D eigenvalue weighted by molar-refractivity contribution is 7.91. The van der Waals surface area contributed by atoms with Crippen molar-refractivity contribution in [3.05, 3.63) is 30.5 Å². The normalized spacial score (nSPS) is 19.2. The Labute approximate surface area is 146 Å². The minimum absolute atomic E-state index is 0.0106. The minimum atomic E-state index is -3.01. The molecule has 136 valence electrons. The van der Waals surface area contributed by atoms with E-state index in [4.69, 9.17) is 9.47 Å². The van der Waals surface area contributed by atoms with Crippen LogP contribution in [0, 0.1) is 0 Å². The van der Waals surface area contributed by atoms with Crippen molar-refractivity contribution in [1.82, 2.24) is 9.88 Å². The van der Waals surface area contributed by atoms with Crippen molar-refractivity contribution in [1.29, 1.82) is 0 Å². The number of nitrogens with zero attached hydrogens (tertiary/aromatic N) is 1. The van der Waals surface area contributed by atoms with E-state index in [0.29, 0.717) is 18.8 Å². The molecular formula is C17H22N2O5S. The summed E-state index contributed by atoms with van der Waals surface area (Å²) in [6, 6.07) is 7.31. The van der Waals surface area contributed by atoms with Crippen molar-refractivity contribution in [2.24, 2.45) is 0 Å². The zero-order chi connectivity index (χ0) is 17.9. The van der Waals surface area contributed by atoms with E-state index in [1.165, 1.54) is 0 Å². The number of amides is 1. The quantitative estimate of drug-likeness (QED) is 0.789. The molecule has 1 aliphatic rings. The van der Waals surface area contributed by atoms with Gasteiger partial charge in [0.1, 0.15) is 5.75 Å². The van der Waals surface area contributed by atoms with Crippen LogP contribution in [0.5, 0.6) is 5.75 Å². The predicted octanol–water partition coefficient (Wildman–Crippen LogP) is 0.970. The summed E-state index contributed by atoms with van der Waals surface area (Å²) in [6.07, 6.45) is 2.42. The number of fused-ring (bicyclic) bond motifs is 1. The highest BCUT2D eigenvalue weighted by atomic mass is 32.2. The Morgan fingerprint density at radius 3 is 2.92 bits per heavy atom. The molecule has 25 heavy (non-hydrogen) atoms. The van der Waals surface area contributed by atoms with E-state index in [1.807, 2.05) is 30.5 Å². The first-order valence-electron chi connectivity index (χ1n) is 8.18. The van der Waals surface area contributed by atoms with E-state index in [2.05, 4.69) is 9.88 Å². The highest BCUT2D eigenvalue weighted by Gasteiger charge is 2.28. The molecular weight excluding hydrogens is 344 g/mol. The largest absolute Gasteiger partial charge is 0.483 e. The van der Waals surface area contributed by atoms with Gasteiger partial charge in [0.2, 0.25) is 0 Å². The van der Waals surface area contributed by atoms with E-state index < -0.39 is 9.84 Å². The molecule has 2 aromatic rings. The number of nitrogens with one attached hydrogen (secondary N) is 1. The van der Waals surface area contributed by atoms with E-state index in [0.717, 1.165) is 17.4 Å². The number of aromatic nitrogens is 1. The Morgan fingerprint density at radius 2 is 2.20 bits per heavy atom. The van der Waals surface area contributed by atoms with Crippen molar-refractivity contribution >= 4 is 26.6 Å². The molecule has 1 aliphatic heterocycles. The molecule has 1 aromatic heterocycles. The molecule has 1 atom stereocenters. The van der Waals surface area contributed by atoms with Crippen molar-refractivity contribution in [3.63, 3.8) is 0 Å². The number of hydrogen-bond acceptors (Lipinski definition) is 5. The zero-order valence-electron chi connectivity index (χ0n) is 14.1. The maximum absolute atomic E-state index is 12.0. The van der Waals surface area contributed by atoms with Crippen LogP contribution >= 0.6 is 0 Å². The highest BCUT2D eigenvalue weighted by Crippen LogP contribution is 2.26. The zero-order valence-corrected chi connectivity index (χ0v) is 14.9. The van der Waals surface area contributed by atoms with Gasteiger partial charge in [0, 0.05) is 31.3 Å². The summed E-state index contributed by atoms with van der Waals surface area (Å²) in [5.74, 6) is 0.463. The molecule has 1 unspecified atom stereocenters. The van der Waals surface area contributed by atoms with Crippen molar-refractivity contribution in [2.45, 2.75) is 19.0 Å². The van der Waals surface area contributed by atoms with Crippen LogP contribution in [0.4, 0.5) is 0 Å². The fourth-order valence-corrected chi connectivity index (χ4v) is 4.70. The van der Waals surface area contributed by atoms with Gasteiger partial charge in [0.15, 0.2) is 16.4 Å². The molecule has 8 heteroatoms. The summed E-state index contributed by atoms with van der Waals surface area (Å²) in [5.41, 5.74) is 1.01. The lowest BCUT2D eigenvalue weighted by Crippen LogP contribution is -2.38. The molecule has 0 saturated carbocycles. The molecule has 0 radical (unpaired) electrons. The van der Waals surface area contributed by atoms with Gasteiger partial charge in [-0.25, -0.2) is 8.42 Å². The van der Waals surface area contributed by atoms with E-state index in [-0.39, 0.29) is 30.1 Å². The molecule has 3 rings (SSSR count). The molecule has 2 heterocycles. The maximum atomic E-state index is 12.0. The third kappa shape index (κ3) is 4.32. The second-order valence-corrected chi connectivity index (χ2v) is 8.38. The minimum Gasteiger partial charge on any atom is -0.483 e. The van der Waals surface area contributed by atoms with Gasteiger partial charge in [-0.05, 0) is 24.6 Å². The number of carbonyl (C=O) groups is 1. The van der Waals surface area contributed by atoms with E-state index >= 15 is 0 Å². The van der Waals surface area contributed by atoms with Crippen LogP contribution in [0.3, 0.4) is 0 Å². The summed E-state index contributed by atoms with van der Waals surface area (Å²) in [4.78, 5) is 12.0. The summed E-state index contributed by atoms with van der Waals surface area (Å²) in [5, 5.41) is 3.65. The average molecular weight is 366 g/mol. The molecule has 0 spiro atoms. The van der Waals surface area contributed by atoms with Crippen molar-refractivity contribution in [3.8, 4) is 5.75 Å². The van der Waals surface area contributed by atoms with Gasteiger partial charge in [-0.15, -0.1) is 0 Å². The summed E-state index contributed by atoms with van der Waals surface area (Å²) < 4.78 is 35.7. The third-order valence-electron chi connectivity index (χ3n) is 4.27. The van der Waals surface area contributed by atoms with Gasteiger partial charge in [0.05, 0.1) is 23.6 Å². The van der Waals surface area contributed by atoms with Crippen LogP contribution in [0.2, 0.25) is 0 Å². The van der Waals surface area contributed by atoms with Crippen LogP contribution in [-0.2, 0) is 25.9 Å². The Hall–Kier alpha value is -2.06. The summed E-state index contributed by atoms with van der Waals surface area (Å²) in [7, 11) is -1.35. The number of methoxy groups -OCH3 is 1. The average Bonchev–Trinajstić information content (AvgIpc) is 3.14. The third-order valence-corrected chi connectivity index (χ3v) is 6.03. The van der Waals surface area contributed by atoms with Crippen LogP contribution in [0.1, 0.15) is 6.42 Å². The van der Waals surface area contributed by atoms with E-state index in [9.17, 15) is 13.2 Å². The first kappa shape index (κ1) is 17.8. The molecule has 1 saturated heterocycles. The van der Waals surface area contributed by atoms with E-state index in [1.54, 1.807) is 7.11 Å². The van der Waals surface area contributed by atoms with Gasteiger partial charge in [-0.1, -0.05) is 6.07 Å². The summed E-state index contributed by atoms with van der Waals surface area (Å²) in [6.45, 7) is 1.21. The summed E-state index contributed by atoms with van der Waals surface area (Å²) >= 11 is 0. The Kier molecular flexibility index (Phi) is 5.29. The Morgan fingerprint density at radius 1 is 1.36 bits per heavy atom. The molecule has 1 aromatic carbocycles. The van der Waals surface area contributed by atoms with Crippen LogP contribution in [-0.4, -0.2) is 56.8 Å². The van der Waals surface area contributed by atoms with Gasteiger partial charge in [-0.3, -0.25) is 4.79 Å². The Bertz CT molecular complexity index is 859.